The molecule has 1 aromatic heterocycles. The van der Waals surface area contributed by atoms with Crippen LogP contribution in [0.15, 0.2) is 27.9 Å². The van der Waals surface area contributed by atoms with E-state index in [1.807, 2.05) is 20.8 Å². The molecule has 0 aromatic carbocycles. The number of oxazole rings is 1. The minimum atomic E-state index is -1.21. The Balaban J connectivity index is 2.40. The first kappa shape index (κ1) is 29.9. The molecular formula is C28H44N2O6. The molecule has 2 rings (SSSR count). The van der Waals surface area contributed by atoms with Gasteiger partial charge in [-0.2, -0.15) is 0 Å². The van der Waals surface area contributed by atoms with Gasteiger partial charge in [0.05, 0.1) is 30.1 Å². The van der Waals surface area contributed by atoms with Gasteiger partial charge in [0.25, 0.3) is 0 Å². The third-order valence-electron chi connectivity index (χ3n) is 7.55. The van der Waals surface area contributed by atoms with E-state index in [2.05, 4.69) is 23.3 Å². The molecule has 0 saturated heterocycles. The highest BCUT2D eigenvalue weighted by atomic mass is 16.4. The maximum Gasteiger partial charge on any atom is 0.223 e. The highest BCUT2D eigenvalue weighted by Gasteiger charge is 2.42. The van der Waals surface area contributed by atoms with Crippen molar-refractivity contribution in [2.75, 3.05) is 0 Å². The summed E-state index contributed by atoms with van der Waals surface area (Å²) in [6.07, 6.45) is 5.64. The summed E-state index contributed by atoms with van der Waals surface area (Å²) in [5.74, 6) is -1.19. The van der Waals surface area contributed by atoms with Gasteiger partial charge in [0.2, 0.25) is 11.8 Å². The van der Waals surface area contributed by atoms with E-state index in [0.29, 0.717) is 5.69 Å². The second-order valence-corrected chi connectivity index (χ2v) is 11.1. The van der Waals surface area contributed by atoms with E-state index in [4.69, 9.17) is 4.42 Å². The maximum atomic E-state index is 13.2. The summed E-state index contributed by atoms with van der Waals surface area (Å²) in [4.78, 5) is 30.5. The van der Waals surface area contributed by atoms with Crippen molar-refractivity contribution >= 4 is 17.8 Å². The first-order chi connectivity index (χ1) is 16.8. The predicted octanol–water partition coefficient (Wildman–Crippen LogP) is 3.80. The van der Waals surface area contributed by atoms with E-state index < -0.39 is 23.5 Å². The lowest BCUT2D eigenvalue weighted by molar-refractivity contribution is -0.143. The lowest BCUT2D eigenvalue weighted by Crippen LogP contribution is -2.48. The van der Waals surface area contributed by atoms with Gasteiger partial charge in [-0.25, -0.2) is 4.98 Å². The molecule has 36 heavy (non-hydrogen) atoms. The fraction of sp³-hybridized carbons (Fsp3) is 0.679. The maximum absolute atomic E-state index is 13.2. The Morgan fingerprint density at radius 1 is 1.25 bits per heavy atom. The van der Waals surface area contributed by atoms with Crippen LogP contribution in [0.3, 0.4) is 0 Å². The first-order valence-corrected chi connectivity index (χ1v) is 12.9. The van der Waals surface area contributed by atoms with Crippen LogP contribution in [-0.4, -0.2) is 50.2 Å². The average molecular weight is 505 g/mol. The molecule has 6 atom stereocenters. The number of Topliss-reactive ketones (excluding diaryl/α,β-unsaturated/α-hetero) is 1. The van der Waals surface area contributed by atoms with Gasteiger partial charge < -0.3 is 25.1 Å². The first-order valence-electron chi connectivity index (χ1n) is 12.9. The van der Waals surface area contributed by atoms with Crippen LogP contribution in [-0.2, 0) is 16.2 Å². The summed E-state index contributed by atoms with van der Waals surface area (Å²) in [5, 5.41) is 34.0. The number of rotatable bonds is 3. The molecule has 4 N–H and O–H groups in total. The molecule has 2 heterocycles. The molecule has 0 spiro atoms. The summed E-state index contributed by atoms with van der Waals surface area (Å²) < 4.78 is 5.21. The number of hydrogen-bond donors (Lipinski definition) is 4. The third-order valence-corrected chi connectivity index (χ3v) is 7.55. The Morgan fingerprint density at radius 2 is 1.92 bits per heavy atom. The van der Waals surface area contributed by atoms with Gasteiger partial charge in [-0.1, -0.05) is 46.3 Å². The van der Waals surface area contributed by atoms with Gasteiger partial charge >= 0.3 is 0 Å². The lowest BCUT2D eigenvalue weighted by atomic mass is 9.73. The van der Waals surface area contributed by atoms with Gasteiger partial charge in [0.15, 0.2) is 0 Å². The monoisotopic (exact) mass is 504 g/mol. The van der Waals surface area contributed by atoms with Gasteiger partial charge in [0.1, 0.15) is 24.3 Å². The number of aliphatic hydroxyl groups is 3. The molecule has 0 saturated carbocycles. The molecule has 8 nitrogen and oxygen atoms in total. The smallest absolute Gasteiger partial charge is 0.223 e. The second kappa shape index (κ2) is 12.8. The number of carbonyl (C=O) groups excluding carboxylic acids is 2. The van der Waals surface area contributed by atoms with Crippen molar-refractivity contribution in [1.29, 1.82) is 0 Å². The lowest BCUT2D eigenvalue weighted by Gasteiger charge is -2.35. The number of aromatic nitrogens is 1. The molecule has 1 aromatic rings. The molecule has 0 radical (unpaired) electrons. The van der Waals surface area contributed by atoms with Gasteiger partial charge in [-0.05, 0) is 56.6 Å². The number of amides is 1. The summed E-state index contributed by atoms with van der Waals surface area (Å²) in [6.45, 7) is 12.6. The average Bonchev–Trinajstić information content (AvgIpc) is 3.27. The predicted molar refractivity (Wildman–Crippen MR) is 139 cm³/mol. The zero-order chi connectivity index (χ0) is 27.2. The van der Waals surface area contributed by atoms with E-state index in [0.717, 1.165) is 24.8 Å². The molecule has 0 aliphatic carbocycles. The Labute approximate surface area is 214 Å². The highest BCUT2D eigenvalue weighted by molar-refractivity contribution is 5.88. The molecule has 1 aliphatic rings. The number of nitrogens with one attached hydrogen (secondary N) is 1. The van der Waals surface area contributed by atoms with Crippen LogP contribution in [0, 0.1) is 23.2 Å². The fourth-order valence-corrected chi connectivity index (χ4v) is 5.01. The summed E-state index contributed by atoms with van der Waals surface area (Å²) in [6, 6.07) is -0.375. The zero-order valence-electron chi connectivity index (χ0n) is 22.7. The van der Waals surface area contributed by atoms with Crippen molar-refractivity contribution < 1.29 is 29.3 Å². The van der Waals surface area contributed by atoms with E-state index in [1.165, 1.54) is 11.8 Å². The van der Waals surface area contributed by atoms with Crippen LogP contribution < -0.4 is 5.32 Å². The van der Waals surface area contributed by atoms with Crippen molar-refractivity contribution in [3.05, 3.63) is 35.1 Å². The normalized spacial score (nSPS) is 33.1. The zero-order valence-corrected chi connectivity index (χ0v) is 22.7. The molecule has 0 unspecified atom stereocenters. The van der Waals surface area contributed by atoms with Crippen LogP contribution in [0.2, 0.25) is 0 Å². The van der Waals surface area contributed by atoms with Crippen molar-refractivity contribution in [2.24, 2.45) is 23.2 Å². The number of allylic oxidation sites excluding steroid dienone is 1. The molecule has 202 valence electrons. The van der Waals surface area contributed by atoms with Crippen LogP contribution in [0.4, 0.5) is 0 Å². The number of carbonyl (C=O) groups is 2. The van der Waals surface area contributed by atoms with Crippen LogP contribution >= 0.6 is 0 Å². The minimum Gasteiger partial charge on any atom is -0.446 e. The summed E-state index contributed by atoms with van der Waals surface area (Å²) in [7, 11) is 0. The number of ketones is 1. The standard InChI is InChI=1S/C28H44N2O6/c1-16-9-8-10-17(2)26(34)20(5)27(35)28(6,7)22(32)13-23(33)30-25(18(3)11-16)19(4)12-21-15-36-24(14-31)29-21/h11-12,15,17-18,20,22,25-26,31-32,34H,8-10,13-14H2,1-7H3,(H,30,33)/b16-11-,19-12+/t17-,18-,20+,22-,25-,26-/m0/s1. The molecule has 1 amide bonds. The minimum absolute atomic E-state index is 0.0582. The van der Waals surface area contributed by atoms with Gasteiger partial charge in [0, 0.05) is 5.92 Å². The number of aliphatic hydroxyl groups excluding tert-OH is 3. The number of hydrogen-bond acceptors (Lipinski definition) is 7. The Hall–Kier alpha value is -2.29. The van der Waals surface area contributed by atoms with Crippen molar-refractivity contribution in [3.63, 3.8) is 0 Å². The molecule has 0 bridgehead atoms. The largest absolute Gasteiger partial charge is 0.446 e. The topological polar surface area (TPSA) is 133 Å². The van der Waals surface area contributed by atoms with Crippen LogP contribution in [0.25, 0.3) is 6.08 Å². The third kappa shape index (κ3) is 7.60. The highest BCUT2D eigenvalue weighted by Crippen LogP contribution is 2.32. The molecular weight excluding hydrogens is 460 g/mol. The SMILES string of the molecule is C/C1=C/[C@H](C)[C@@H](/C(C)=C/c2coc(CO)n2)NC(=O)C[C@H](O)C(C)(C)C(=O)[C@H](C)[C@@H](O)[C@@H](C)CCC1. The van der Waals surface area contributed by atoms with E-state index in [-0.39, 0.29) is 48.5 Å². The number of nitrogens with zero attached hydrogens (tertiary/aromatic N) is 1. The van der Waals surface area contributed by atoms with E-state index >= 15 is 0 Å². The second-order valence-electron chi connectivity index (χ2n) is 11.1. The van der Waals surface area contributed by atoms with Crippen molar-refractivity contribution in [2.45, 2.75) is 99.0 Å². The Morgan fingerprint density at radius 3 is 2.53 bits per heavy atom. The van der Waals surface area contributed by atoms with Crippen LogP contribution in [0.1, 0.15) is 85.7 Å². The van der Waals surface area contributed by atoms with Gasteiger partial charge in [-0.3, -0.25) is 9.59 Å². The Bertz CT molecular complexity index is 963. The van der Waals surface area contributed by atoms with Gasteiger partial charge in [-0.15, -0.1) is 0 Å². The van der Waals surface area contributed by atoms with Crippen molar-refractivity contribution in [1.82, 2.24) is 10.3 Å². The summed E-state index contributed by atoms with van der Waals surface area (Å²) >= 11 is 0. The van der Waals surface area contributed by atoms with Crippen molar-refractivity contribution in [3.8, 4) is 0 Å². The van der Waals surface area contributed by atoms with E-state index in [1.54, 1.807) is 26.8 Å². The fourth-order valence-electron chi connectivity index (χ4n) is 5.01. The molecule has 8 heteroatoms. The Kier molecular flexibility index (Phi) is 10.6. The van der Waals surface area contributed by atoms with E-state index in [9.17, 15) is 24.9 Å². The summed E-state index contributed by atoms with van der Waals surface area (Å²) in [5.41, 5.74) is 1.36. The molecule has 1 aliphatic heterocycles. The molecule has 0 fully saturated rings. The van der Waals surface area contributed by atoms with Crippen LogP contribution in [0.5, 0.6) is 0 Å². The quantitative estimate of drug-likeness (QED) is 0.460.